The maximum atomic E-state index is 12.8. The quantitative estimate of drug-likeness (QED) is 0.584. The van der Waals surface area contributed by atoms with Crippen LogP contribution in [-0.2, 0) is 6.61 Å². The smallest absolute Gasteiger partial charge is 0.260 e. The van der Waals surface area contributed by atoms with Gasteiger partial charge < -0.3 is 14.6 Å². The number of aliphatic hydroxyl groups is 1. The Labute approximate surface area is 147 Å². The summed E-state index contributed by atoms with van der Waals surface area (Å²) in [5.41, 5.74) is 2.67. The Kier molecular flexibility index (Phi) is 3.87. The van der Waals surface area contributed by atoms with Gasteiger partial charge in [-0.2, -0.15) is 0 Å². The molecule has 4 aromatic rings. The first-order valence-corrected chi connectivity index (χ1v) is 8.03. The molecule has 0 saturated carbocycles. The molecule has 4 rings (SSSR count). The van der Waals surface area contributed by atoms with Gasteiger partial charge in [0.25, 0.3) is 5.56 Å². The third-order valence-corrected chi connectivity index (χ3v) is 4.24. The lowest BCUT2D eigenvalue weighted by atomic mass is 9.95. The van der Waals surface area contributed by atoms with Gasteiger partial charge in [-0.1, -0.05) is 47.1 Å². The largest absolute Gasteiger partial charge is 0.390 e. The summed E-state index contributed by atoms with van der Waals surface area (Å²) in [5.74, 6) is 0.297. The molecule has 0 aliphatic carbocycles. The minimum Gasteiger partial charge on any atom is -0.390 e. The molecule has 25 heavy (non-hydrogen) atoms. The second-order valence-corrected chi connectivity index (χ2v) is 6.04. The molecule has 0 amide bonds. The van der Waals surface area contributed by atoms with Crippen molar-refractivity contribution in [3.8, 4) is 22.5 Å². The third-order valence-electron chi connectivity index (χ3n) is 4.01. The van der Waals surface area contributed by atoms with E-state index in [9.17, 15) is 9.90 Å². The lowest BCUT2D eigenvalue weighted by molar-refractivity contribution is 0.267. The second-order valence-electron chi connectivity index (χ2n) is 5.60. The van der Waals surface area contributed by atoms with E-state index < -0.39 is 0 Å². The number of hydrogen-bond donors (Lipinski definition) is 2. The van der Waals surface area contributed by atoms with Gasteiger partial charge in [-0.05, 0) is 23.8 Å². The maximum absolute atomic E-state index is 12.8. The van der Waals surface area contributed by atoms with E-state index in [1.165, 1.54) is 0 Å². The van der Waals surface area contributed by atoms with E-state index in [2.05, 4.69) is 10.1 Å². The molecule has 2 N–H and O–H groups in total. The normalized spacial score (nSPS) is 11.1. The number of halogens is 1. The van der Waals surface area contributed by atoms with Crippen LogP contribution in [0.5, 0.6) is 0 Å². The van der Waals surface area contributed by atoms with Crippen molar-refractivity contribution in [2.75, 3.05) is 0 Å². The van der Waals surface area contributed by atoms with Crippen LogP contribution in [0.2, 0.25) is 5.02 Å². The predicted molar refractivity (Wildman–Crippen MR) is 96.4 cm³/mol. The molecule has 6 heteroatoms. The number of aromatic nitrogens is 2. The van der Waals surface area contributed by atoms with E-state index >= 15 is 0 Å². The minimum absolute atomic E-state index is 0.262. The van der Waals surface area contributed by atoms with Crippen molar-refractivity contribution in [2.45, 2.75) is 6.61 Å². The summed E-state index contributed by atoms with van der Waals surface area (Å²) < 4.78 is 5.30. The second kappa shape index (κ2) is 6.20. The number of nitrogens with zero attached hydrogens (tertiary/aromatic N) is 1. The van der Waals surface area contributed by atoms with Crippen molar-refractivity contribution in [1.82, 2.24) is 10.1 Å². The molecule has 2 heterocycles. The SMILES string of the molecule is O=c1[nH]c2ccc(Cl)cc2c(-c2ccccc2)c1-c1cc(CO)no1. The van der Waals surface area contributed by atoms with E-state index in [-0.39, 0.29) is 12.2 Å². The number of rotatable bonds is 3. The van der Waals surface area contributed by atoms with E-state index in [0.29, 0.717) is 33.1 Å². The Morgan fingerprint density at radius 2 is 1.88 bits per heavy atom. The van der Waals surface area contributed by atoms with E-state index in [1.54, 1.807) is 18.2 Å². The van der Waals surface area contributed by atoms with Crippen LogP contribution in [-0.4, -0.2) is 15.2 Å². The molecule has 2 aromatic carbocycles. The fourth-order valence-electron chi connectivity index (χ4n) is 2.91. The van der Waals surface area contributed by atoms with Gasteiger partial charge in [-0.15, -0.1) is 0 Å². The molecule has 0 aliphatic rings. The lowest BCUT2D eigenvalue weighted by Crippen LogP contribution is -2.11. The highest BCUT2D eigenvalue weighted by Gasteiger charge is 2.20. The van der Waals surface area contributed by atoms with E-state index in [0.717, 1.165) is 10.9 Å². The summed E-state index contributed by atoms with van der Waals surface area (Å²) in [6.45, 7) is -0.262. The number of hydrogen-bond acceptors (Lipinski definition) is 4. The first-order valence-electron chi connectivity index (χ1n) is 7.65. The molecule has 0 aliphatic heterocycles. The number of nitrogens with one attached hydrogen (secondary N) is 1. The molecule has 0 fully saturated rings. The minimum atomic E-state index is -0.297. The Balaban J connectivity index is 2.14. The highest BCUT2D eigenvalue weighted by Crippen LogP contribution is 2.36. The summed E-state index contributed by atoms with van der Waals surface area (Å²) in [5, 5.41) is 14.4. The van der Waals surface area contributed by atoms with Crippen LogP contribution in [0.25, 0.3) is 33.4 Å². The van der Waals surface area contributed by atoms with Gasteiger partial charge in [0.15, 0.2) is 5.76 Å². The Morgan fingerprint density at radius 1 is 1.08 bits per heavy atom. The first kappa shape index (κ1) is 15.6. The van der Waals surface area contributed by atoms with Crippen LogP contribution in [0.3, 0.4) is 0 Å². The Bertz CT molecular complexity index is 1120. The van der Waals surface area contributed by atoms with Gasteiger partial charge in [-0.25, -0.2) is 0 Å². The van der Waals surface area contributed by atoms with Crippen LogP contribution < -0.4 is 5.56 Å². The summed E-state index contributed by atoms with van der Waals surface area (Å²) in [6, 6.07) is 16.4. The van der Waals surface area contributed by atoms with Crippen molar-refractivity contribution < 1.29 is 9.63 Å². The van der Waals surface area contributed by atoms with Gasteiger partial charge in [0.05, 0.1) is 12.2 Å². The highest BCUT2D eigenvalue weighted by molar-refractivity contribution is 6.31. The van der Waals surface area contributed by atoms with Gasteiger partial charge in [0, 0.05) is 27.6 Å². The van der Waals surface area contributed by atoms with Crippen molar-refractivity contribution in [3.05, 3.63) is 75.7 Å². The average Bonchev–Trinajstić information content (AvgIpc) is 3.10. The van der Waals surface area contributed by atoms with Crippen molar-refractivity contribution >= 4 is 22.5 Å². The van der Waals surface area contributed by atoms with Crippen molar-refractivity contribution in [2.24, 2.45) is 0 Å². The topological polar surface area (TPSA) is 79.1 Å². The summed E-state index contributed by atoms with van der Waals surface area (Å²) in [4.78, 5) is 15.6. The highest BCUT2D eigenvalue weighted by atomic mass is 35.5. The number of aliphatic hydroxyl groups excluding tert-OH is 1. The molecule has 5 nitrogen and oxygen atoms in total. The summed E-state index contributed by atoms with van der Waals surface area (Å²) >= 11 is 6.18. The molecule has 0 saturated heterocycles. The summed E-state index contributed by atoms with van der Waals surface area (Å²) in [6.07, 6.45) is 0. The number of aromatic amines is 1. The molecule has 124 valence electrons. The van der Waals surface area contributed by atoms with Crippen LogP contribution >= 0.6 is 11.6 Å². The number of H-pyrrole nitrogens is 1. The zero-order valence-electron chi connectivity index (χ0n) is 13.0. The van der Waals surface area contributed by atoms with Crippen LogP contribution in [0.1, 0.15) is 5.69 Å². The maximum Gasteiger partial charge on any atom is 0.260 e. The number of fused-ring (bicyclic) bond motifs is 1. The van der Waals surface area contributed by atoms with E-state index in [1.807, 2.05) is 36.4 Å². The van der Waals surface area contributed by atoms with Crippen molar-refractivity contribution in [1.29, 1.82) is 0 Å². The number of pyridine rings is 1. The van der Waals surface area contributed by atoms with Gasteiger partial charge in [-0.3, -0.25) is 4.79 Å². The fraction of sp³-hybridized carbons (Fsp3) is 0.0526. The Morgan fingerprint density at radius 3 is 2.60 bits per heavy atom. The molecule has 0 unspecified atom stereocenters. The third kappa shape index (κ3) is 2.73. The standard InChI is InChI=1S/C19H13ClN2O3/c20-12-6-7-15-14(8-12)17(11-4-2-1-3-5-11)18(19(24)21-15)16-9-13(10-23)22-25-16/h1-9,23H,10H2,(H,21,24). The van der Waals surface area contributed by atoms with Crippen molar-refractivity contribution in [3.63, 3.8) is 0 Å². The van der Waals surface area contributed by atoms with Crippen LogP contribution in [0.15, 0.2) is 63.9 Å². The van der Waals surface area contributed by atoms with Crippen LogP contribution in [0, 0.1) is 0 Å². The van der Waals surface area contributed by atoms with Crippen LogP contribution in [0.4, 0.5) is 0 Å². The molecule has 0 bridgehead atoms. The number of benzene rings is 2. The predicted octanol–water partition coefficient (Wildman–Crippen LogP) is 4.00. The molecular formula is C19H13ClN2O3. The molecule has 0 radical (unpaired) electrons. The Hall–Kier alpha value is -2.89. The van der Waals surface area contributed by atoms with E-state index in [4.69, 9.17) is 16.1 Å². The molecule has 0 spiro atoms. The lowest BCUT2D eigenvalue weighted by Gasteiger charge is -2.11. The van der Waals surface area contributed by atoms with Gasteiger partial charge >= 0.3 is 0 Å². The average molecular weight is 353 g/mol. The zero-order chi connectivity index (χ0) is 17.4. The first-order chi connectivity index (χ1) is 12.2. The van der Waals surface area contributed by atoms with Gasteiger partial charge in [0.1, 0.15) is 5.69 Å². The zero-order valence-corrected chi connectivity index (χ0v) is 13.7. The molecule has 2 aromatic heterocycles. The molecular weight excluding hydrogens is 340 g/mol. The van der Waals surface area contributed by atoms with Gasteiger partial charge in [0.2, 0.25) is 0 Å². The summed E-state index contributed by atoms with van der Waals surface area (Å²) in [7, 11) is 0. The fourth-order valence-corrected chi connectivity index (χ4v) is 3.08. The monoisotopic (exact) mass is 352 g/mol. The molecule has 0 atom stereocenters.